The zero-order valence-corrected chi connectivity index (χ0v) is 14.1. The van der Waals surface area contributed by atoms with Crippen molar-refractivity contribution in [2.45, 2.75) is 18.7 Å². The monoisotopic (exact) mass is 324 g/mol. The van der Waals surface area contributed by atoms with Crippen LogP contribution in [0.15, 0.2) is 40.7 Å². The van der Waals surface area contributed by atoms with Gasteiger partial charge in [0, 0.05) is 26.7 Å². The number of nitrogens with zero attached hydrogens (tertiary/aromatic N) is 1. The summed E-state index contributed by atoms with van der Waals surface area (Å²) in [5.74, 6) is 0.603. The van der Waals surface area contributed by atoms with E-state index < -0.39 is 10.0 Å². The molecule has 1 aromatic carbocycles. The zero-order chi connectivity index (χ0) is 16.6. The van der Waals surface area contributed by atoms with Gasteiger partial charge < -0.3 is 10.6 Å². The van der Waals surface area contributed by atoms with E-state index in [1.807, 2.05) is 19.1 Å². The summed E-state index contributed by atoms with van der Waals surface area (Å²) in [6.45, 7) is 8.55. The number of hydrogen-bond donors (Lipinski definition) is 3. The largest absolute Gasteiger partial charge is 0.355 e. The van der Waals surface area contributed by atoms with Gasteiger partial charge in [0.25, 0.3) is 0 Å². The fourth-order valence-electron chi connectivity index (χ4n) is 1.83. The maximum Gasteiger partial charge on any atom is 0.240 e. The second-order valence-electron chi connectivity index (χ2n) is 4.84. The van der Waals surface area contributed by atoms with Gasteiger partial charge in [0.2, 0.25) is 10.0 Å². The highest BCUT2D eigenvalue weighted by Crippen LogP contribution is 2.16. The molecule has 0 radical (unpaired) electrons. The maximum atomic E-state index is 12.3. The summed E-state index contributed by atoms with van der Waals surface area (Å²) < 4.78 is 27.2. The van der Waals surface area contributed by atoms with Crippen molar-refractivity contribution >= 4 is 16.0 Å². The van der Waals surface area contributed by atoms with Crippen LogP contribution < -0.4 is 15.4 Å². The lowest BCUT2D eigenvalue weighted by molar-refractivity contribution is 0.580. The smallest absolute Gasteiger partial charge is 0.240 e. The Balaban J connectivity index is 2.56. The highest BCUT2D eigenvalue weighted by molar-refractivity contribution is 7.89. The van der Waals surface area contributed by atoms with Gasteiger partial charge in [-0.15, -0.1) is 6.58 Å². The van der Waals surface area contributed by atoms with E-state index in [2.05, 4.69) is 26.9 Å². The van der Waals surface area contributed by atoms with Crippen molar-refractivity contribution in [1.82, 2.24) is 15.4 Å². The van der Waals surface area contributed by atoms with Gasteiger partial charge in [-0.3, -0.25) is 4.99 Å². The van der Waals surface area contributed by atoms with E-state index in [0.29, 0.717) is 23.9 Å². The van der Waals surface area contributed by atoms with Crippen LogP contribution in [0.1, 0.15) is 11.1 Å². The summed E-state index contributed by atoms with van der Waals surface area (Å²) in [5, 5.41) is 6.03. The summed E-state index contributed by atoms with van der Waals surface area (Å²) in [7, 11) is -1.85. The molecule has 0 heterocycles. The molecule has 0 aliphatic heterocycles. The fraction of sp³-hybridized carbons (Fsp3) is 0.400. The van der Waals surface area contributed by atoms with Crippen LogP contribution in [0.2, 0.25) is 0 Å². The lowest BCUT2D eigenvalue weighted by atomic mass is 10.2. The molecule has 0 saturated heterocycles. The Morgan fingerprint density at radius 3 is 2.64 bits per heavy atom. The molecule has 22 heavy (non-hydrogen) atoms. The van der Waals surface area contributed by atoms with Crippen LogP contribution in [0.25, 0.3) is 0 Å². The molecule has 6 nitrogen and oxygen atoms in total. The van der Waals surface area contributed by atoms with Crippen molar-refractivity contribution in [3.63, 3.8) is 0 Å². The first kappa shape index (κ1) is 18.2. The molecular formula is C15H24N4O2S. The molecule has 0 amide bonds. The van der Waals surface area contributed by atoms with E-state index in [1.54, 1.807) is 26.1 Å². The highest BCUT2D eigenvalue weighted by atomic mass is 32.2. The van der Waals surface area contributed by atoms with Crippen molar-refractivity contribution < 1.29 is 8.42 Å². The quantitative estimate of drug-likeness (QED) is 0.302. The molecule has 0 aliphatic rings. The second kappa shape index (κ2) is 8.55. The van der Waals surface area contributed by atoms with Gasteiger partial charge in [-0.05, 0) is 31.0 Å². The van der Waals surface area contributed by atoms with Gasteiger partial charge in [-0.2, -0.15) is 0 Å². The van der Waals surface area contributed by atoms with Gasteiger partial charge in [0.15, 0.2) is 5.96 Å². The van der Waals surface area contributed by atoms with Crippen molar-refractivity contribution in [3.05, 3.63) is 42.0 Å². The summed E-state index contributed by atoms with van der Waals surface area (Å²) >= 11 is 0. The molecule has 1 rings (SSSR count). The summed E-state index contributed by atoms with van der Waals surface area (Å²) in [4.78, 5) is 4.33. The van der Waals surface area contributed by atoms with E-state index >= 15 is 0 Å². The van der Waals surface area contributed by atoms with Crippen molar-refractivity contribution in [1.29, 1.82) is 0 Å². The molecule has 1 aromatic rings. The first-order valence-electron chi connectivity index (χ1n) is 7.03. The number of benzene rings is 1. The van der Waals surface area contributed by atoms with Gasteiger partial charge in [0.05, 0.1) is 4.90 Å². The molecule has 0 aromatic heterocycles. The number of hydrogen-bond acceptors (Lipinski definition) is 3. The minimum atomic E-state index is -3.50. The minimum Gasteiger partial charge on any atom is -0.355 e. The standard InChI is InChI=1S/C15H24N4O2S/c1-5-8-17-15(16-4)18-9-10-19-22(20,21)14-11-12(2)6-7-13(14)3/h5-7,11,19H,1,8-10H2,2-4H3,(H2,16,17,18). The first-order chi connectivity index (χ1) is 10.4. The van der Waals surface area contributed by atoms with Crippen LogP contribution in [-0.4, -0.2) is 41.1 Å². The number of aliphatic imine (C=N–C) groups is 1. The van der Waals surface area contributed by atoms with Crippen LogP contribution in [0, 0.1) is 13.8 Å². The predicted molar refractivity (Wildman–Crippen MR) is 90.7 cm³/mol. The molecule has 7 heteroatoms. The van der Waals surface area contributed by atoms with Crippen LogP contribution in [0.5, 0.6) is 0 Å². The lowest BCUT2D eigenvalue weighted by Gasteiger charge is -2.12. The van der Waals surface area contributed by atoms with Crippen molar-refractivity contribution in [2.24, 2.45) is 4.99 Å². The lowest BCUT2D eigenvalue weighted by Crippen LogP contribution is -2.41. The maximum absolute atomic E-state index is 12.3. The Kier molecular flexibility index (Phi) is 7.07. The van der Waals surface area contributed by atoms with Crippen LogP contribution in [0.4, 0.5) is 0 Å². The Morgan fingerprint density at radius 1 is 1.27 bits per heavy atom. The first-order valence-corrected chi connectivity index (χ1v) is 8.51. The molecule has 0 fully saturated rings. The van der Waals surface area contributed by atoms with E-state index in [9.17, 15) is 8.42 Å². The zero-order valence-electron chi connectivity index (χ0n) is 13.3. The summed E-state index contributed by atoms with van der Waals surface area (Å²) in [6, 6.07) is 5.38. The summed E-state index contributed by atoms with van der Waals surface area (Å²) in [5.41, 5.74) is 1.65. The fourth-order valence-corrected chi connectivity index (χ4v) is 3.19. The molecule has 0 unspecified atom stereocenters. The molecule has 0 aliphatic carbocycles. The third kappa shape index (κ3) is 5.50. The van der Waals surface area contributed by atoms with Gasteiger partial charge in [-0.1, -0.05) is 18.2 Å². The van der Waals surface area contributed by atoms with Crippen molar-refractivity contribution in [2.75, 3.05) is 26.7 Å². The van der Waals surface area contributed by atoms with Crippen LogP contribution >= 0.6 is 0 Å². The molecular weight excluding hydrogens is 300 g/mol. The molecule has 122 valence electrons. The average molecular weight is 324 g/mol. The third-order valence-corrected chi connectivity index (χ3v) is 4.58. The van der Waals surface area contributed by atoms with E-state index in [4.69, 9.17) is 0 Å². The van der Waals surface area contributed by atoms with Crippen LogP contribution in [0.3, 0.4) is 0 Å². The SMILES string of the molecule is C=CCNC(=NC)NCCNS(=O)(=O)c1cc(C)ccc1C. The number of sulfonamides is 1. The molecule has 0 atom stereocenters. The number of nitrogens with one attached hydrogen (secondary N) is 3. The molecule has 0 spiro atoms. The Hall–Kier alpha value is -1.86. The number of guanidine groups is 1. The molecule has 3 N–H and O–H groups in total. The van der Waals surface area contributed by atoms with Crippen LogP contribution in [-0.2, 0) is 10.0 Å². The van der Waals surface area contributed by atoms with Crippen molar-refractivity contribution in [3.8, 4) is 0 Å². The normalized spacial score (nSPS) is 12.0. The Morgan fingerprint density at radius 2 is 2.00 bits per heavy atom. The second-order valence-corrected chi connectivity index (χ2v) is 6.57. The predicted octanol–water partition coefficient (Wildman–Crippen LogP) is 0.933. The molecule has 0 saturated carbocycles. The third-order valence-electron chi connectivity index (χ3n) is 2.98. The molecule has 0 bridgehead atoms. The van der Waals surface area contributed by atoms with E-state index in [-0.39, 0.29) is 6.54 Å². The number of rotatable bonds is 7. The average Bonchev–Trinajstić information content (AvgIpc) is 2.49. The van der Waals surface area contributed by atoms with Gasteiger partial charge >= 0.3 is 0 Å². The van der Waals surface area contributed by atoms with Gasteiger partial charge in [0.1, 0.15) is 0 Å². The Bertz CT molecular complexity index is 639. The Labute approximate surface area is 132 Å². The summed E-state index contributed by atoms with van der Waals surface area (Å²) in [6.07, 6.45) is 1.72. The van der Waals surface area contributed by atoms with Gasteiger partial charge in [-0.25, -0.2) is 13.1 Å². The van der Waals surface area contributed by atoms with E-state index in [0.717, 1.165) is 11.1 Å². The minimum absolute atomic E-state index is 0.268. The highest BCUT2D eigenvalue weighted by Gasteiger charge is 2.16. The van der Waals surface area contributed by atoms with E-state index in [1.165, 1.54) is 0 Å². The number of aryl methyl sites for hydroxylation is 2. The topological polar surface area (TPSA) is 82.6 Å².